The first-order valence-electron chi connectivity index (χ1n) is 8.91. The van der Waals surface area contributed by atoms with Gasteiger partial charge in [-0.2, -0.15) is 0 Å². The van der Waals surface area contributed by atoms with Crippen molar-refractivity contribution in [1.29, 1.82) is 0 Å². The van der Waals surface area contributed by atoms with Gasteiger partial charge in [-0.15, -0.1) is 0 Å². The number of guanidine groups is 1. The number of hydrogen-bond acceptors (Lipinski definition) is 4. The quantitative estimate of drug-likeness (QED) is 0.474. The van der Waals surface area contributed by atoms with E-state index in [4.69, 9.17) is 0 Å². The molecule has 0 aromatic heterocycles. The van der Waals surface area contributed by atoms with Crippen molar-refractivity contribution in [3.05, 3.63) is 35.1 Å². The van der Waals surface area contributed by atoms with Crippen molar-refractivity contribution in [3.8, 4) is 0 Å². The van der Waals surface area contributed by atoms with Gasteiger partial charge < -0.3 is 15.5 Å². The third kappa shape index (κ3) is 8.62. The Morgan fingerprint density at radius 2 is 1.92 bits per heavy atom. The third-order valence-electron chi connectivity index (χ3n) is 3.96. The lowest BCUT2D eigenvalue weighted by atomic mass is 10.1. The Morgan fingerprint density at radius 1 is 1.19 bits per heavy atom. The lowest BCUT2D eigenvalue weighted by Gasteiger charge is -2.20. The van der Waals surface area contributed by atoms with Crippen LogP contribution in [0.5, 0.6) is 0 Å². The molecule has 0 fully saturated rings. The van der Waals surface area contributed by atoms with E-state index >= 15 is 0 Å². The molecule has 2 N–H and O–H groups in total. The predicted octanol–water partition coefficient (Wildman–Crippen LogP) is 1.77. The van der Waals surface area contributed by atoms with Gasteiger partial charge in [0, 0.05) is 32.9 Å². The fourth-order valence-corrected chi connectivity index (χ4v) is 3.51. The zero-order valence-corrected chi connectivity index (χ0v) is 17.0. The molecule has 0 aliphatic rings. The molecule has 0 aliphatic carbocycles. The molecule has 0 saturated heterocycles. The van der Waals surface area contributed by atoms with Crippen molar-refractivity contribution in [2.45, 2.75) is 32.6 Å². The van der Waals surface area contributed by atoms with Crippen molar-refractivity contribution >= 4 is 15.8 Å². The van der Waals surface area contributed by atoms with E-state index in [1.165, 1.54) is 24.5 Å². The maximum atomic E-state index is 13.6. The summed E-state index contributed by atoms with van der Waals surface area (Å²) in [5.41, 5.74) is 1.21. The summed E-state index contributed by atoms with van der Waals surface area (Å²) < 4.78 is 36.7. The number of hydrogen-bond donors (Lipinski definition) is 2. The Hall–Kier alpha value is -1.67. The Bertz CT molecular complexity index is 692. The van der Waals surface area contributed by atoms with Gasteiger partial charge in [0.1, 0.15) is 5.82 Å². The third-order valence-corrected chi connectivity index (χ3v) is 4.80. The monoisotopic (exact) mass is 386 g/mol. The SMILES string of the molecule is CCCN(CC)CCNC(=NC)NCc1cc(F)ccc1CS(C)(=O)=O. The summed E-state index contributed by atoms with van der Waals surface area (Å²) in [5.74, 6) is 0.103. The first-order valence-corrected chi connectivity index (χ1v) is 11.0. The Balaban J connectivity index is 2.64. The molecular weight excluding hydrogens is 355 g/mol. The molecule has 0 saturated carbocycles. The molecule has 1 aromatic rings. The molecule has 0 unspecified atom stereocenters. The molecular formula is C18H31FN4O2S. The first kappa shape index (κ1) is 22.4. The zero-order chi connectivity index (χ0) is 19.6. The van der Waals surface area contributed by atoms with Crippen LogP contribution in [-0.2, 0) is 22.1 Å². The standard InChI is InChI=1S/C18H31FN4O2S/c1-5-10-23(6-2)11-9-21-18(20-3)22-13-16-12-17(19)8-7-15(16)14-26(4,24)25/h7-8,12H,5-6,9-11,13-14H2,1-4H3,(H2,20,21,22). The summed E-state index contributed by atoms with van der Waals surface area (Å²) in [4.78, 5) is 6.51. The summed E-state index contributed by atoms with van der Waals surface area (Å²) in [6.45, 7) is 8.30. The van der Waals surface area contributed by atoms with E-state index in [9.17, 15) is 12.8 Å². The van der Waals surface area contributed by atoms with Gasteiger partial charge in [0.2, 0.25) is 0 Å². The van der Waals surface area contributed by atoms with Gasteiger partial charge in [-0.1, -0.05) is 19.9 Å². The van der Waals surface area contributed by atoms with Crippen molar-refractivity contribution in [3.63, 3.8) is 0 Å². The average Bonchev–Trinajstić information content (AvgIpc) is 2.57. The van der Waals surface area contributed by atoms with Gasteiger partial charge in [-0.25, -0.2) is 12.8 Å². The van der Waals surface area contributed by atoms with E-state index in [2.05, 4.69) is 34.4 Å². The van der Waals surface area contributed by atoms with Crippen LogP contribution < -0.4 is 10.6 Å². The van der Waals surface area contributed by atoms with Gasteiger partial charge >= 0.3 is 0 Å². The van der Waals surface area contributed by atoms with E-state index in [0.717, 1.165) is 32.6 Å². The average molecular weight is 387 g/mol. The fraction of sp³-hybridized carbons (Fsp3) is 0.611. The molecule has 1 rings (SSSR count). The number of nitrogens with zero attached hydrogens (tertiary/aromatic N) is 2. The van der Waals surface area contributed by atoms with Gasteiger partial charge in [-0.3, -0.25) is 4.99 Å². The van der Waals surface area contributed by atoms with Crippen LogP contribution in [0.4, 0.5) is 4.39 Å². The van der Waals surface area contributed by atoms with Gasteiger partial charge in [0.25, 0.3) is 0 Å². The van der Waals surface area contributed by atoms with E-state index in [0.29, 0.717) is 23.6 Å². The molecule has 0 amide bonds. The molecule has 1 aromatic carbocycles. The maximum absolute atomic E-state index is 13.6. The normalized spacial score (nSPS) is 12.5. The number of aliphatic imine (C=N–C) groups is 1. The summed E-state index contributed by atoms with van der Waals surface area (Å²) >= 11 is 0. The number of sulfone groups is 1. The van der Waals surface area contributed by atoms with Crippen LogP contribution in [0.2, 0.25) is 0 Å². The number of halogens is 1. The van der Waals surface area contributed by atoms with Gasteiger partial charge in [0.05, 0.1) is 5.75 Å². The minimum atomic E-state index is -3.19. The molecule has 8 heteroatoms. The minimum Gasteiger partial charge on any atom is -0.355 e. The highest BCUT2D eigenvalue weighted by atomic mass is 32.2. The van der Waals surface area contributed by atoms with Crippen LogP contribution in [0.1, 0.15) is 31.4 Å². The topological polar surface area (TPSA) is 73.8 Å². The van der Waals surface area contributed by atoms with Crippen LogP contribution >= 0.6 is 0 Å². The summed E-state index contributed by atoms with van der Waals surface area (Å²) in [6.07, 6.45) is 2.29. The molecule has 148 valence electrons. The second kappa shape index (κ2) is 11.1. The molecule has 0 atom stereocenters. The summed E-state index contributed by atoms with van der Waals surface area (Å²) in [5, 5.41) is 6.35. The van der Waals surface area contributed by atoms with Crippen LogP contribution in [0.3, 0.4) is 0 Å². The van der Waals surface area contributed by atoms with Crippen molar-refractivity contribution in [2.75, 3.05) is 39.5 Å². The van der Waals surface area contributed by atoms with Crippen molar-refractivity contribution < 1.29 is 12.8 Å². The lowest BCUT2D eigenvalue weighted by Crippen LogP contribution is -2.41. The maximum Gasteiger partial charge on any atom is 0.191 e. The fourth-order valence-electron chi connectivity index (χ4n) is 2.66. The van der Waals surface area contributed by atoms with Gasteiger partial charge in [0.15, 0.2) is 15.8 Å². The highest BCUT2D eigenvalue weighted by Gasteiger charge is 2.11. The molecule has 26 heavy (non-hydrogen) atoms. The molecule has 0 bridgehead atoms. The lowest BCUT2D eigenvalue weighted by molar-refractivity contribution is 0.293. The molecule has 0 aliphatic heterocycles. The summed E-state index contributed by atoms with van der Waals surface area (Å²) in [7, 11) is -1.52. The molecule has 0 heterocycles. The van der Waals surface area contributed by atoms with Crippen LogP contribution in [-0.4, -0.2) is 58.8 Å². The highest BCUT2D eigenvalue weighted by molar-refractivity contribution is 7.89. The zero-order valence-electron chi connectivity index (χ0n) is 16.2. The smallest absolute Gasteiger partial charge is 0.191 e. The highest BCUT2D eigenvalue weighted by Crippen LogP contribution is 2.14. The number of likely N-dealkylation sites (N-methyl/N-ethyl adjacent to an activating group) is 1. The second-order valence-electron chi connectivity index (χ2n) is 6.27. The Morgan fingerprint density at radius 3 is 2.50 bits per heavy atom. The van der Waals surface area contributed by atoms with E-state index < -0.39 is 9.84 Å². The van der Waals surface area contributed by atoms with Crippen LogP contribution in [0, 0.1) is 5.82 Å². The number of benzene rings is 1. The summed E-state index contributed by atoms with van der Waals surface area (Å²) in [6, 6.07) is 4.17. The minimum absolute atomic E-state index is 0.112. The van der Waals surface area contributed by atoms with Crippen molar-refractivity contribution in [2.24, 2.45) is 4.99 Å². The molecule has 6 nitrogen and oxygen atoms in total. The molecule has 0 radical (unpaired) electrons. The largest absolute Gasteiger partial charge is 0.355 e. The van der Waals surface area contributed by atoms with Crippen LogP contribution in [0.15, 0.2) is 23.2 Å². The number of rotatable bonds is 10. The van der Waals surface area contributed by atoms with E-state index in [-0.39, 0.29) is 11.6 Å². The molecule has 0 spiro atoms. The van der Waals surface area contributed by atoms with Gasteiger partial charge in [-0.05, 0) is 42.8 Å². The van der Waals surface area contributed by atoms with Crippen LogP contribution in [0.25, 0.3) is 0 Å². The van der Waals surface area contributed by atoms with E-state index in [1.807, 2.05) is 0 Å². The Kier molecular flexibility index (Phi) is 9.58. The van der Waals surface area contributed by atoms with E-state index in [1.54, 1.807) is 7.05 Å². The first-order chi connectivity index (χ1) is 12.3. The Labute approximate surface area is 156 Å². The van der Waals surface area contributed by atoms with Crippen molar-refractivity contribution in [1.82, 2.24) is 15.5 Å². The number of nitrogens with one attached hydrogen (secondary N) is 2. The predicted molar refractivity (Wildman–Crippen MR) is 106 cm³/mol. The second-order valence-corrected chi connectivity index (χ2v) is 8.41.